The van der Waals surface area contributed by atoms with E-state index in [0.717, 1.165) is 49.9 Å². The molecule has 0 unspecified atom stereocenters. The van der Waals surface area contributed by atoms with Gasteiger partial charge in [-0.25, -0.2) is 4.57 Å². The number of hydrogen-bond donors (Lipinski definition) is 0. The molecule has 0 amide bonds. The molecule has 0 fully saturated rings. The number of benzene rings is 3. The molecule has 5 aromatic rings. The lowest BCUT2D eigenvalue weighted by Gasteiger charge is -2.05. The van der Waals surface area contributed by atoms with Crippen molar-refractivity contribution in [3.05, 3.63) is 90.1 Å². The molecule has 3 aromatic carbocycles. The summed E-state index contributed by atoms with van der Waals surface area (Å²) in [5.41, 5.74) is 7.20. The Bertz CT molecular complexity index is 1430. The third kappa shape index (κ3) is 2.61. The van der Waals surface area contributed by atoms with Crippen molar-refractivity contribution in [1.82, 2.24) is 0 Å². The summed E-state index contributed by atoms with van der Waals surface area (Å²) in [6.07, 6.45) is 1.68. The molecule has 5 rings (SSSR count). The lowest BCUT2D eigenvalue weighted by atomic mass is 9.99. The van der Waals surface area contributed by atoms with E-state index in [1.54, 1.807) is 12.3 Å². The van der Waals surface area contributed by atoms with Gasteiger partial charge < -0.3 is 4.42 Å². The molecule has 2 heteroatoms. The molecule has 0 bridgehead atoms. The summed E-state index contributed by atoms with van der Waals surface area (Å²) in [4.78, 5) is 0. The van der Waals surface area contributed by atoms with Crippen LogP contribution < -0.4 is 4.57 Å². The fourth-order valence-electron chi connectivity index (χ4n) is 3.93. The van der Waals surface area contributed by atoms with Crippen LogP contribution in [0.2, 0.25) is 0 Å². The second-order valence-electron chi connectivity index (χ2n) is 7.23. The van der Waals surface area contributed by atoms with Crippen LogP contribution in [-0.4, -0.2) is 0 Å². The van der Waals surface area contributed by atoms with Crippen LogP contribution in [0, 0.1) is 13.8 Å². The molecule has 136 valence electrons. The summed E-state index contributed by atoms with van der Waals surface area (Å²) < 4.78 is 31.3. The van der Waals surface area contributed by atoms with Crippen molar-refractivity contribution in [1.29, 1.82) is 0 Å². The van der Waals surface area contributed by atoms with Crippen molar-refractivity contribution in [3.8, 4) is 22.4 Å². The van der Waals surface area contributed by atoms with Gasteiger partial charge >= 0.3 is 0 Å². The maximum absolute atomic E-state index is 7.68. The van der Waals surface area contributed by atoms with E-state index in [1.165, 1.54) is 0 Å². The van der Waals surface area contributed by atoms with E-state index in [0.29, 0.717) is 5.56 Å². The predicted octanol–water partition coefficient (Wildman–Crippen LogP) is 6.36. The Morgan fingerprint density at radius 1 is 0.857 bits per heavy atom. The van der Waals surface area contributed by atoms with Gasteiger partial charge in [0.15, 0.2) is 6.20 Å². The number of fused-ring (bicyclic) bond motifs is 3. The number of aromatic nitrogens is 1. The molecule has 0 saturated carbocycles. The molecule has 0 aliphatic rings. The van der Waals surface area contributed by atoms with Gasteiger partial charge in [-0.2, -0.15) is 0 Å². The van der Waals surface area contributed by atoms with E-state index in [-0.39, 0.29) is 0 Å². The normalized spacial score (nSPS) is 13.4. The predicted molar refractivity (Wildman–Crippen MR) is 115 cm³/mol. The van der Waals surface area contributed by atoms with Gasteiger partial charge in [0.1, 0.15) is 18.2 Å². The van der Waals surface area contributed by atoms with Crippen LogP contribution in [-0.2, 0) is 7.05 Å². The summed E-state index contributed by atoms with van der Waals surface area (Å²) >= 11 is 0. The second-order valence-corrected chi connectivity index (χ2v) is 7.23. The van der Waals surface area contributed by atoms with Crippen molar-refractivity contribution in [2.45, 2.75) is 13.8 Å². The first-order chi connectivity index (χ1) is 14.8. The Balaban J connectivity index is 1.73. The number of rotatable bonds is 2. The quantitative estimate of drug-likeness (QED) is 0.332. The van der Waals surface area contributed by atoms with Gasteiger partial charge in [-0.05, 0) is 48.7 Å². The minimum absolute atomic E-state index is 0.320. The maximum atomic E-state index is 7.68. The second kappa shape index (κ2) is 6.35. The van der Waals surface area contributed by atoms with Crippen LogP contribution in [0.5, 0.6) is 0 Å². The monoisotopic (exact) mass is 367 g/mol. The van der Waals surface area contributed by atoms with Gasteiger partial charge in [-0.1, -0.05) is 48.5 Å². The number of aryl methyl sites for hydroxylation is 3. The van der Waals surface area contributed by atoms with E-state index in [9.17, 15) is 0 Å². The van der Waals surface area contributed by atoms with Crippen LogP contribution in [0.15, 0.2) is 83.4 Å². The van der Waals surface area contributed by atoms with E-state index in [2.05, 4.69) is 49.4 Å². The van der Waals surface area contributed by atoms with Gasteiger partial charge in [0.2, 0.25) is 5.69 Å². The zero-order chi connectivity index (χ0) is 21.8. The molecular weight excluding hydrogens is 342 g/mol. The highest BCUT2D eigenvalue weighted by atomic mass is 16.3. The third-order valence-corrected chi connectivity index (χ3v) is 5.35. The molecule has 0 saturated heterocycles. The maximum Gasteiger partial charge on any atom is 0.216 e. The third-order valence-electron chi connectivity index (χ3n) is 5.35. The summed E-state index contributed by atoms with van der Waals surface area (Å²) in [7, 11) is 1.87. The Labute approximate surface area is 168 Å². The largest absolute Gasteiger partial charge is 0.455 e. The number of nitrogens with zero attached hydrogens (tertiary/aromatic N) is 1. The SMILES string of the molecule is [2H]C([2H])([2H])c1ccc(-c2c(C)ccc3c2oc2cc(-c4ccccc4)ccc23)[n+](C)c1. The highest BCUT2D eigenvalue weighted by Gasteiger charge is 2.20. The van der Waals surface area contributed by atoms with Crippen molar-refractivity contribution in [2.24, 2.45) is 7.05 Å². The van der Waals surface area contributed by atoms with E-state index in [1.807, 2.05) is 35.9 Å². The van der Waals surface area contributed by atoms with E-state index in [4.69, 9.17) is 8.53 Å². The van der Waals surface area contributed by atoms with Gasteiger partial charge in [0, 0.05) is 26.5 Å². The molecule has 0 N–H and O–H groups in total. The fraction of sp³-hybridized carbons (Fsp3) is 0.115. The number of furan rings is 1. The summed E-state index contributed by atoms with van der Waals surface area (Å²) in [5, 5.41) is 2.12. The van der Waals surface area contributed by atoms with Gasteiger partial charge in [-0.3, -0.25) is 0 Å². The van der Waals surface area contributed by atoms with Crippen molar-refractivity contribution < 1.29 is 13.1 Å². The first kappa shape index (κ1) is 13.7. The number of hydrogen-bond acceptors (Lipinski definition) is 1. The Morgan fingerprint density at radius 2 is 1.68 bits per heavy atom. The average Bonchev–Trinajstić information content (AvgIpc) is 3.12. The molecule has 0 aliphatic heterocycles. The summed E-state index contributed by atoms with van der Waals surface area (Å²) in [5.74, 6) is 0. The van der Waals surface area contributed by atoms with Crippen LogP contribution in [0.4, 0.5) is 0 Å². The topological polar surface area (TPSA) is 17.0 Å². The fourth-order valence-corrected chi connectivity index (χ4v) is 3.93. The average molecular weight is 367 g/mol. The first-order valence-corrected chi connectivity index (χ1v) is 9.35. The van der Waals surface area contributed by atoms with Gasteiger partial charge in [-0.15, -0.1) is 0 Å². The molecule has 2 nitrogen and oxygen atoms in total. The van der Waals surface area contributed by atoms with Crippen LogP contribution in [0.25, 0.3) is 44.3 Å². The Morgan fingerprint density at radius 3 is 2.46 bits per heavy atom. The lowest BCUT2D eigenvalue weighted by Crippen LogP contribution is -2.31. The van der Waals surface area contributed by atoms with Crippen LogP contribution in [0.1, 0.15) is 15.2 Å². The minimum atomic E-state index is -2.13. The van der Waals surface area contributed by atoms with Crippen molar-refractivity contribution in [3.63, 3.8) is 0 Å². The molecule has 2 heterocycles. The van der Waals surface area contributed by atoms with Crippen LogP contribution >= 0.6 is 0 Å². The Kier molecular flexibility index (Phi) is 3.11. The summed E-state index contributed by atoms with van der Waals surface area (Å²) in [6, 6.07) is 24.3. The molecular formula is C26H22NO+. The van der Waals surface area contributed by atoms with Crippen molar-refractivity contribution in [2.75, 3.05) is 0 Å². The molecule has 0 atom stereocenters. The first-order valence-electron chi connectivity index (χ1n) is 10.8. The molecule has 0 aliphatic carbocycles. The molecule has 28 heavy (non-hydrogen) atoms. The standard InChI is InChI=1S/C26H22NO/c1-17-9-14-23(27(3)16-17)25-18(2)10-12-22-21-13-11-20(15-24(21)28-26(22)25)19-7-5-4-6-8-19/h4-16H,1-3H3/q+1/i1D3. The summed E-state index contributed by atoms with van der Waals surface area (Å²) in [6.45, 7) is -0.0838. The zero-order valence-corrected chi connectivity index (χ0v) is 15.9. The van der Waals surface area contributed by atoms with Crippen LogP contribution in [0.3, 0.4) is 0 Å². The molecule has 0 radical (unpaired) electrons. The van der Waals surface area contributed by atoms with E-state index >= 15 is 0 Å². The Hall–Kier alpha value is -3.39. The minimum Gasteiger partial charge on any atom is -0.455 e. The number of pyridine rings is 1. The van der Waals surface area contributed by atoms with Gasteiger partial charge in [0.05, 0.1) is 5.56 Å². The molecule has 2 aromatic heterocycles. The van der Waals surface area contributed by atoms with Gasteiger partial charge in [0.25, 0.3) is 0 Å². The smallest absolute Gasteiger partial charge is 0.216 e. The highest BCUT2D eigenvalue weighted by molar-refractivity contribution is 6.10. The van der Waals surface area contributed by atoms with E-state index < -0.39 is 6.85 Å². The lowest BCUT2D eigenvalue weighted by molar-refractivity contribution is -0.660. The van der Waals surface area contributed by atoms with Crippen molar-refractivity contribution >= 4 is 21.9 Å². The zero-order valence-electron chi connectivity index (χ0n) is 18.9. The molecule has 0 spiro atoms. The highest BCUT2D eigenvalue weighted by Crippen LogP contribution is 2.38.